The van der Waals surface area contributed by atoms with E-state index in [4.69, 9.17) is 14.7 Å². The van der Waals surface area contributed by atoms with Crippen molar-refractivity contribution in [3.63, 3.8) is 0 Å². The van der Waals surface area contributed by atoms with E-state index in [1.807, 2.05) is 42.7 Å². The predicted molar refractivity (Wildman–Crippen MR) is 155 cm³/mol. The van der Waals surface area contributed by atoms with Crippen LogP contribution in [0.4, 0.5) is 0 Å². The van der Waals surface area contributed by atoms with Gasteiger partial charge in [0, 0.05) is 31.9 Å². The molecular formula is C32H34N6O. The number of hydrogen-bond acceptors (Lipinski definition) is 6. The molecule has 2 aromatic carbocycles. The maximum Gasteiger partial charge on any atom is 0.137 e. The van der Waals surface area contributed by atoms with E-state index in [9.17, 15) is 0 Å². The van der Waals surface area contributed by atoms with Crippen molar-refractivity contribution in [2.24, 2.45) is 4.99 Å². The van der Waals surface area contributed by atoms with Crippen LogP contribution in [0.2, 0.25) is 0 Å². The minimum Gasteiger partial charge on any atom is -0.495 e. The number of methoxy groups -OCH3 is 1. The first-order chi connectivity index (χ1) is 19.2. The molecule has 3 heterocycles. The fourth-order valence-electron chi connectivity index (χ4n) is 5.38. The number of imidazole rings is 1. The molecule has 4 aromatic rings. The summed E-state index contributed by atoms with van der Waals surface area (Å²) < 4.78 is 5.46. The molecule has 0 spiro atoms. The number of nitrogens with one attached hydrogen (secondary N) is 2. The highest BCUT2D eigenvalue weighted by atomic mass is 16.5. The van der Waals surface area contributed by atoms with Gasteiger partial charge >= 0.3 is 0 Å². The third-order valence-corrected chi connectivity index (χ3v) is 7.46. The van der Waals surface area contributed by atoms with E-state index < -0.39 is 0 Å². The van der Waals surface area contributed by atoms with Crippen molar-refractivity contribution in [1.82, 2.24) is 25.2 Å². The molecule has 2 N–H and O–H groups in total. The number of aromatic amines is 1. The highest BCUT2D eigenvalue weighted by Crippen LogP contribution is 2.30. The number of benzene rings is 2. The number of hydrogen-bond donors (Lipinski definition) is 2. The Labute approximate surface area is 229 Å². The zero-order chi connectivity index (χ0) is 26.4. The lowest BCUT2D eigenvalue weighted by molar-refractivity contribution is 0.188. The fraction of sp³-hybridized carbons (Fsp3) is 0.281. The van der Waals surface area contributed by atoms with Crippen molar-refractivity contribution < 1.29 is 4.74 Å². The second kappa shape index (κ2) is 11.8. The van der Waals surface area contributed by atoms with Crippen LogP contribution in [0.3, 0.4) is 0 Å². The number of aliphatic imine (C=N–C) groups is 1. The Morgan fingerprint density at radius 1 is 0.949 bits per heavy atom. The number of rotatable bonds is 10. The summed E-state index contributed by atoms with van der Waals surface area (Å²) >= 11 is 0. The number of para-hydroxylation sites is 2. The van der Waals surface area contributed by atoms with Gasteiger partial charge in [0.25, 0.3) is 0 Å². The molecule has 0 radical (unpaired) electrons. The average Bonchev–Trinajstić information content (AvgIpc) is 3.40. The summed E-state index contributed by atoms with van der Waals surface area (Å²) in [5.74, 6) is 1.80. The molecule has 2 aliphatic rings. The van der Waals surface area contributed by atoms with Gasteiger partial charge in [0.05, 0.1) is 42.6 Å². The second-order valence-corrected chi connectivity index (χ2v) is 10.2. The van der Waals surface area contributed by atoms with E-state index in [1.54, 1.807) is 7.11 Å². The van der Waals surface area contributed by atoms with Crippen molar-refractivity contribution in [1.29, 1.82) is 0 Å². The van der Waals surface area contributed by atoms with Crippen LogP contribution in [-0.2, 0) is 30.9 Å². The van der Waals surface area contributed by atoms with Gasteiger partial charge in [-0.2, -0.15) is 0 Å². The quantitative estimate of drug-likeness (QED) is 0.297. The van der Waals surface area contributed by atoms with Gasteiger partial charge in [0.2, 0.25) is 0 Å². The van der Waals surface area contributed by atoms with Crippen molar-refractivity contribution in [3.05, 3.63) is 119 Å². The SMILES string of the molecule is COC1=CC2=CC(N(Cc3ccc(CNCc4ccccn4)cc3)Cc3nc4ccccc4[nH]3)CCC2N=C1. The Kier molecular flexibility index (Phi) is 7.61. The lowest BCUT2D eigenvalue weighted by atomic mass is 9.88. The lowest BCUT2D eigenvalue weighted by Crippen LogP contribution is -2.37. The third kappa shape index (κ3) is 6.16. The number of H-pyrrole nitrogens is 1. The molecule has 0 amide bonds. The Morgan fingerprint density at radius 3 is 2.62 bits per heavy atom. The van der Waals surface area contributed by atoms with Crippen LogP contribution in [0.5, 0.6) is 0 Å². The van der Waals surface area contributed by atoms with Crippen LogP contribution in [0.15, 0.2) is 101 Å². The van der Waals surface area contributed by atoms with E-state index >= 15 is 0 Å². The van der Waals surface area contributed by atoms with Gasteiger partial charge in [0.15, 0.2) is 0 Å². The number of aromatic nitrogens is 3. The number of fused-ring (bicyclic) bond motifs is 2. The van der Waals surface area contributed by atoms with Gasteiger partial charge in [-0.15, -0.1) is 0 Å². The van der Waals surface area contributed by atoms with E-state index in [1.165, 1.54) is 16.7 Å². The van der Waals surface area contributed by atoms with Crippen molar-refractivity contribution in [3.8, 4) is 0 Å². The minimum absolute atomic E-state index is 0.228. The highest BCUT2D eigenvalue weighted by molar-refractivity contribution is 5.79. The number of dihydropyridines is 1. The monoisotopic (exact) mass is 518 g/mol. The molecule has 0 saturated heterocycles. The van der Waals surface area contributed by atoms with Crippen LogP contribution >= 0.6 is 0 Å². The van der Waals surface area contributed by atoms with Crippen LogP contribution in [-0.4, -0.2) is 45.3 Å². The molecular weight excluding hydrogens is 484 g/mol. The van der Waals surface area contributed by atoms with E-state index in [0.717, 1.165) is 67.3 Å². The van der Waals surface area contributed by atoms with Crippen LogP contribution in [0.25, 0.3) is 11.0 Å². The second-order valence-electron chi connectivity index (χ2n) is 10.2. The van der Waals surface area contributed by atoms with Crippen molar-refractivity contribution >= 4 is 17.2 Å². The summed E-state index contributed by atoms with van der Waals surface area (Å²) in [6, 6.07) is 23.7. The molecule has 7 heteroatoms. The lowest BCUT2D eigenvalue weighted by Gasteiger charge is -2.35. The molecule has 2 atom stereocenters. The zero-order valence-electron chi connectivity index (χ0n) is 22.3. The standard InChI is InChI=1S/C32H34N6O/c1-39-28-17-25-16-27(13-14-29(25)35-20-28)38(22-32-36-30-7-2-3-8-31(30)37-32)21-24-11-9-23(10-12-24)18-33-19-26-6-4-5-15-34-26/h2-12,15-17,20,27,29,33H,13-14,18-19,21-22H2,1H3,(H,36,37). The van der Waals surface area contributed by atoms with Gasteiger partial charge < -0.3 is 15.0 Å². The topological polar surface area (TPSA) is 78.4 Å². The molecule has 1 aliphatic heterocycles. The maximum atomic E-state index is 5.46. The predicted octanol–water partition coefficient (Wildman–Crippen LogP) is 5.32. The third-order valence-electron chi connectivity index (χ3n) is 7.46. The normalized spacial score (nSPS) is 18.6. The molecule has 0 fully saturated rings. The van der Waals surface area contributed by atoms with E-state index in [-0.39, 0.29) is 12.1 Å². The summed E-state index contributed by atoms with van der Waals surface area (Å²) in [4.78, 5) is 20.0. The molecule has 39 heavy (non-hydrogen) atoms. The molecule has 0 saturated carbocycles. The molecule has 0 bridgehead atoms. The van der Waals surface area contributed by atoms with Gasteiger partial charge in [-0.3, -0.25) is 14.9 Å². The first-order valence-corrected chi connectivity index (χ1v) is 13.6. The van der Waals surface area contributed by atoms with Gasteiger partial charge in [-0.25, -0.2) is 4.98 Å². The van der Waals surface area contributed by atoms with E-state index in [0.29, 0.717) is 0 Å². The number of ether oxygens (including phenoxy) is 1. The van der Waals surface area contributed by atoms with Crippen LogP contribution in [0, 0.1) is 0 Å². The highest BCUT2D eigenvalue weighted by Gasteiger charge is 2.28. The Hall–Kier alpha value is -4.07. The maximum absolute atomic E-state index is 5.46. The summed E-state index contributed by atoms with van der Waals surface area (Å²) in [6.07, 6.45) is 10.3. The Bertz CT molecular complexity index is 1460. The fourth-order valence-corrected chi connectivity index (χ4v) is 5.38. The minimum atomic E-state index is 0.228. The Balaban J connectivity index is 1.18. The molecule has 2 aromatic heterocycles. The van der Waals surface area contributed by atoms with E-state index in [2.05, 4.69) is 68.7 Å². The largest absolute Gasteiger partial charge is 0.495 e. The summed E-state index contributed by atoms with van der Waals surface area (Å²) in [6.45, 7) is 3.14. The number of nitrogens with zero attached hydrogens (tertiary/aromatic N) is 4. The first kappa shape index (κ1) is 25.2. The smallest absolute Gasteiger partial charge is 0.137 e. The molecule has 198 valence electrons. The average molecular weight is 519 g/mol. The van der Waals surface area contributed by atoms with Crippen molar-refractivity contribution in [2.45, 2.75) is 51.1 Å². The summed E-state index contributed by atoms with van der Waals surface area (Å²) in [5.41, 5.74) is 6.93. The van der Waals surface area contributed by atoms with Gasteiger partial charge in [-0.05, 0) is 59.9 Å². The molecule has 7 nitrogen and oxygen atoms in total. The molecule has 6 rings (SSSR count). The van der Waals surface area contributed by atoms with Gasteiger partial charge in [0.1, 0.15) is 11.6 Å². The van der Waals surface area contributed by atoms with Crippen LogP contribution in [0.1, 0.15) is 35.5 Å². The van der Waals surface area contributed by atoms with Crippen molar-refractivity contribution in [2.75, 3.05) is 7.11 Å². The Morgan fingerprint density at radius 2 is 1.79 bits per heavy atom. The number of allylic oxidation sites excluding steroid dienone is 1. The zero-order valence-corrected chi connectivity index (χ0v) is 22.3. The number of pyridine rings is 1. The summed E-state index contributed by atoms with van der Waals surface area (Å²) in [5, 5.41) is 3.49. The summed E-state index contributed by atoms with van der Waals surface area (Å²) in [7, 11) is 1.70. The van der Waals surface area contributed by atoms with Gasteiger partial charge in [-0.1, -0.05) is 48.5 Å². The van der Waals surface area contributed by atoms with Crippen LogP contribution < -0.4 is 5.32 Å². The first-order valence-electron chi connectivity index (χ1n) is 13.6. The molecule has 2 unspecified atom stereocenters. The molecule has 1 aliphatic carbocycles.